The van der Waals surface area contributed by atoms with Crippen molar-refractivity contribution < 1.29 is 17.7 Å². The van der Waals surface area contributed by atoms with Gasteiger partial charge in [-0.25, -0.2) is 13.1 Å². The van der Waals surface area contributed by atoms with E-state index in [1.165, 1.54) is 6.92 Å². The van der Waals surface area contributed by atoms with Crippen molar-refractivity contribution in [3.05, 3.63) is 33.6 Å². The van der Waals surface area contributed by atoms with Gasteiger partial charge in [0.05, 0.1) is 9.82 Å². The van der Waals surface area contributed by atoms with Gasteiger partial charge in [-0.3, -0.25) is 10.1 Å². The summed E-state index contributed by atoms with van der Waals surface area (Å²) in [4.78, 5) is 9.55. The highest BCUT2D eigenvalue weighted by atomic mass is 32.2. The summed E-state index contributed by atoms with van der Waals surface area (Å²) < 4.78 is 40.5. The van der Waals surface area contributed by atoms with Gasteiger partial charge >= 0.3 is 5.69 Å². The molecule has 1 aliphatic rings. The molecular weight excluding hydrogens is 287 g/mol. The summed E-state index contributed by atoms with van der Waals surface area (Å²) in [5, 5.41) is 10.8. The molecule has 0 aliphatic heterocycles. The third kappa shape index (κ3) is 2.66. The largest absolute Gasteiger partial charge is 0.306 e. The van der Waals surface area contributed by atoms with Crippen LogP contribution >= 0.6 is 0 Å². The quantitative estimate of drug-likeness (QED) is 0.682. The van der Waals surface area contributed by atoms with Gasteiger partial charge in [-0.1, -0.05) is 0 Å². The first-order chi connectivity index (χ1) is 9.15. The lowest BCUT2D eigenvalue weighted by Crippen LogP contribution is -2.50. The lowest BCUT2D eigenvalue weighted by atomic mass is 9.80. The molecule has 0 radical (unpaired) electrons. The summed E-state index contributed by atoms with van der Waals surface area (Å²) in [5.41, 5.74) is -1.42. The molecule has 0 saturated heterocycles. The highest BCUT2D eigenvalue weighted by Crippen LogP contribution is 2.33. The van der Waals surface area contributed by atoms with Gasteiger partial charge in [0.2, 0.25) is 15.8 Å². The van der Waals surface area contributed by atoms with Gasteiger partial charge in [0.25, 0.3) is 0 Å². The van der Waals surface area contributed by atoms with E-state index >= 15 is 0 Å². The van der Waals surface area contributed by atoms with Gasteiger partial charge in [-0.05, 0) is 44.7 Å². The summed E-state index contributed by atoms with van der Waals surface area (Å²) in [6, 6.07) is 1.86. The Morgan fingerprint density at radius 1 is 1.40 bits per heavy atom. The molecule has 2 rings (SSSR count). The highest BCUT2D eigenvalue weighted by molar-refractivity contribution is 7.89. The maximum absolute atomic E-state index is 13.6. The van der Waals surface area contributed by atoms with Gasteiger partial charge in [0.1, 0.15) is 0 Å². The van der Waals surface area contributed by atoms with E-state index in [1.807, 2.05) is 0 Å². The van der Waals surface area contributed by atoms with Crippen LogP contribution in [-0.2, 0) is 10.0 Å². The van der Waals surface area contributed by atoms with Crippen molar-refractivity contribution in [2.45, 2.75) is 43.5 Å². The number of hydrogen-bond donors (Lipinski definition) is 1. The average molecular weight is 302 g/mol. The van der Waals surface area contributed by atoms with E-state index in [0.29, 0.717) is 12.8 Å². The number of benzene rings is 1. The molecule has 0 heterocycles. The van der Waals surface area contributed by atoms with Crippen molar-refractivity contribution in [2.75, 3.05) is 0 Å². The van der Waals surface area contributed by atoms with Crippen LogP contribution < -0.4 is 4.72 Å². The minimum atomic E-state index is -3.90. The van der Waals surface area contributed by atoms with Crippen LogP contribution in [0.1, 0.15) is 31.7 Å². The number of halogens is 1. The van der Waals surface area contributed by atoms with Gasteiger partial charge in [-0.2, -0.15) is 4.39 Å². The van der Waals surface area contributed by atoms with Gasteiger partial charge in [0.15, 0.2) is 0 Å². The van der Waals surface area contributed by atoms with Crippen LogP contribution in [0.3, 0.4) is 0 Å². The van der Waals surface area contributed by atoms with Gasteiger partial charge in [0, 0.05) is 11.6 Å². The molecule has 110 valence electrons. The maximum atomic E-state index is 13.6. The Labute approximate surface area is 116 Å². The summed E-state index contributed by atoms with van der Waals surface area (Å²) in [6.07, 6.45) is 2.37. The van der Waals surface area contributed by atoms with Crippen LogP contribution in [0.4, 0.5) is 10.1 Å². The second-order valence-electron chi connectivity index (χ2n) is 5.35. The Kier molecular flexibility index (Phi) is 3.55. The minimum Gasteiger partial charge on any atom is -0.258 e. The molecule has 0 spiro atoms. The molecule has 0 atom stereocenters. The summed E-state index contributed by atoms with van der Waals surface area (Å²) in [6.45, 7) is 3.07. The molecule has 8 heteroatoms. The van der Waals surface area contributed by atoms with Crippen molar-refractivity contribution in [3.8, 4) is 0 Å². The third-order valence-corrected chi connectivity index (χ3v) is 5.17. The minimum absolute atomic E-state index is 0.0710. The van der Waals surface area contributed by atoms with Crippen LogP contribution in [0.15, 0.2) is 17.0 Å². The smallest absolute Gasteiger partial charge is 0.258 e. The Morgan fingerprint density at radius 2 is 2.00 bits per heavy atom. The summed E-state index contributed by atoms with van der Waals surface area (Å²) >= 11 is 0. The fraction of sp³-hybridized carbons (Fsp3) is 0.500. The number of hydrogen-bond acceptors (Lipinski definition) is 4. The van der Waals surface area contributed by atoms with Crippen molar-refractivity contribution >= 4 is 15.7 Å². The van der Waals surface area contributed by atoms with E-state index < -0.39 is 32.0 Å². The number of nitro benzene ring substituents is 1. The summed E-state index contributed by atoms with van der Waals surface area (Å²) in [7, 11) is -3.90. The first-order valence-corrected chi connectivity index (χ1v) is 7.61. The van der Waals surface area contributed by atoms with E-state index in [1.54, 1.807) is 6.92 Å². The molecule has 1 N–H and O–H groups in total. The van der Waals surface area contributed by atoms with E-state index in [4.69, 9.17) is 0 Å². The number of rotatable bonds is 4. The van der Waals surface area contributed by atoms with E-state index in [0.717, 1.165) is 18.6 Å². The molecule has 1 saturated carbocycles. The SMILES string of the molecule is Cc1cc(S(=O)(=O)NC2(C)CCC2)cc([N+](=O)[O-])c1F. The fourth-order valence-electron chi connectivity index (χ4n) is 2.20. The molecule has 0 bridgehead atoms. The molecule has 1 fully saturated rings. The molecule has 1 aromatic carbocycles. The lowest BCUT2D eigenvalue weighted by molar-refractivity contribution is -0.387. The lowest BCUT2D eigenvalue weighted by Gasteiger charge is -2.38. The zero-order chi connectivity index (χ0) is 15.1. The zero-order valence-corrected chi connectivity index (χ0v) is 12.0. The number of nitrogens with one attached hydrogen (secondary N) is 1. The number of sulfonamides is 1. The molecule has 1 aromatic rings. The number of nitrogens with zero attached hydrogens (tertiary/aromatic N) is 1. The van der Waals surface area contributed by atoms with Crippen molar-refractivity contribution in [1.29, 1.82) is 0 Å². The van der Waals surface area contributed by atoms with Crippen LogP contribution in [0, 0.1) is 22.9 Å². The monoisotopic (exact) mass is 302 g/mol. The van der Waals surface area contributed by atoms with Crippen LogP contribution in [-0.4, -0.2) is 18.9 Å². The average Bonchev–Trinajstić information content (AvgIpc) is 2.29. The highest BCUT2D eigenvalue weighted by Gasteiger charge is 2.37. The molecular formula is C12H15FN2O4S. The standard InChI is InChI=1S/C12H15FN2O4S/c1-8-6-9(7-10(11(8)13)15(16)17)20(18,19)14-12(2)4-3-5-12/h6-7,14H,3-5H2,1-2H3. The maximum Gasteiger partial charge on any atom is 0.306 e. The van der Waals surface area contributed by atoms with Crippen LogP contribution in [0.5, 0.6) is 0 Å². The predicted molar refractivity (Wildman–Crippen MR) is 70.4 cm³/mol. The molecule has 1 aliphatic carbocycles. The molecule has 0 aromatic heterocycles. The molecule has 0 amide bonds. The first-order valence-electron chi connectivity index (χ1n) is 6.13. The van der Waals surface area contributed by atoms with Gasteiger partial charge in [-0.15, -0.1) is 0 Å². The molecule has 20 heavy (non-hydrogen) atoms. The van der Waals surface area contributed by atoms with E-state index in [2.05, 4.69) is 4.72 Å². The summed E-state index contributed by atoms with van der Waals surface area (Å²) in [5.74, 6) is -1.01. The van der Waals surface area contributed by atoms with Crippen molar-refractivity contribution in [1.82, 2.24) is 4.72 Å². The predicted octanol–water partition coefficient (Wildman–Crippen LogP) is 2.26. The Hall–Kier alpha value is -1.54. The Morgan fingerprint density at radius 3 is 2.45 bits per heavy atom. The Bertz CT molecular complexity index is 668. The van der Waals surface area contributed by atoms with Crippen LogP contribution in [0.25, 0.3) is 0 Å². The van der Waals surface area contributed by atoms with E-state index in [9.17, 15) is 22.9 Å². The number of nitro groups is 1. The number of aryl methyl sites for hydroxylation is 1. The first kappa shape index (κ1) is 14.9. The second kappa shape index (κ2) is 4.78. The molecule has 0 unspecified atom stereocenters. The van der Waals surface area contributed by atoms with Crippen molar-refractivity contribution in [2.24, 2.45) is 0 Å². The topological polar surface area (TPSA) is 89.3 Å². The van der Waals surface area contributed by atoms with E-state index in [-0.39, 0.29) is 10.5 Å². The second-order valence-corrected chi connectivity index (χ2v) is 7.03. The normalized spacial score (nSPS) is 17.6. The van der Waals surface area contributed by atoms with Crippen LogP contribution in [0.2, 0.25) is 0 Å². The Balaban J connectivity index is 2.44. The molecule has 6 nitrogen and oxygen atoms in total. The van der Waals surface area contributed by atoms with Gasteiger partial charge < -0.3 is 0 Å². The zero-order valence-electron chi connectivity index (χ0n) is 11.1. The third-order valence-electron chi connectivity index (χ3n) is 3.55. The fourth-order valence-corrected chi connectivity index (χ4v) is 3.77. The van der Waals surface area contributed by atoms with Crippen molar-refractivity contribution in [3.63, 3.8) is 0 Å².